The van der Waals surface area contributed by atoms with E-state index >= 15 is 0 Å². The molecule has 0 aliphatic carbocycles. The molecule has 0 N–H and O–H groups in total. The second-order valence-electron chi connectivity index (χ2n) is 6.11. The van der Waals surface area contributed by atoms with Crippen LogP contribution in [0.5, 0.6) is 0 Å². The number of rotatable bonds is 12. The highest BCUT2D eigenvalue weighted by molar-refractivity contribution is 5.09. The molecule has 2 unspecified atom stereocenters. The van der Waals surface area contributed by atoms with Crippen LogP contribution in [0.25, 0.3) is 0 Å². The highest BCUT2D eigenvalue weighted by Gasteiger charge is 2.32. The molecule has 124 valence electrons. The van der Waals surface area contributed by atoms with Crippen molar-refractivity contribution in [2.45, 2.75) is 103 Å². The Labute approximate surface area is 136 Å². The van der Waals surface area contributed by atoms with Crippen LogP contribution in [-0.2, 0) is 0 Å². The molecule has 0 aliphatic heterocycles. The Bertz CT molecular complexity index is 366. The molecule has 4 nitrogen and oxygen atoms in total. The lowest BCUT2D eigenvalue weighted by atomic mass is 9.90. The lowest BCUT2D eigenvalue weighted by Crippen LogP contribution is -2.27. The molecule has 4 heteroatoms. The number of nitrogens with zero attached hydrogens (tertiary/aromatic N) is 4. The van der Waals surface area contributed by atoms with Crippen molar-refractivity contribution in [3.8, 4) is 12.1 Å². The lowest BCUT2D eigenvalue weighted by Gasteiger charge is -2.23. The first-order chi connectivity index (χ1) is 10.6. The summed E-state index contributed by atoms with van der Waals surface area (Å²) >= 11 is 0. The van der Waals surface area contributed by atoms with Crippen LogP contribution < -0.4 is 0 Å². The normalized spacial score (nSPS) is 16.6. The van der Waals surface area contributed by atoms with E-state index in [0.29, 0.717) is 12.8 Å². The number of hydrogen-bond donors (Lipinski definition) is 0. The summed E-state index contributed by atoms with van der Waals surface area (Å²) in [5.41, 5.74) is -1.51. The standard InChI is InChI=1S/C18H32N4/c1-5-9-11-13-17(7-3,15-19)21-22-18(8-4,16-20)14-12-10-6-2/h5-14H2,1-4H3. The SMILES string of the molecule is CCCCCC(C#N)(CC)N=NC(C#N)(CC)CCCCC. The largest absolute Gasteiger partial charge is 0.196 e. The average molecular weight is 304 g/mol. The van der Waals surface area contributed by atoms with E-state index in [1.165, 1.54) is 0 Å². The van der Waals surface area contributed by atoms with Crippen molar-refractivity contribution >= 4 is 0 Å². The maximum absolute atomic E-state index is 9.55. The van der Waals surface area contributed by atoms with Crippen LogP contribution in [0.1, 0.15) is 91.9 Å². The van der Waals surface area contributed by atoms with Crippen LogP contribution in [0.3, 0.4) is 0 Å². The summed E-state index contributed by atoms with van der Waals surface area (Å²) < 4.78 is 0. The van der Waals surface area contributed by atoms with Gasteiger partial charge in [0.15, 0.2) is 11.1 Å². The number of hydrogen-bond acceptors (Lipinski definition) is 4. The second-order valence-corrected chi connectivity index (χ2v) is 6.11. The molecule has 0 saturated carbocycles. The molecule has 0 aromatic heterocycles. The number of unbranched alkanes of at least 4 members (excludes halogenated alkanes) is 4. The van der Waals surface area contributed by atoms with Gasteiger partial charge in [0.2, 0.25) is 0 Å². The molecular formula is C18H32N4. The van der Waals surface area contributed by atoms with Crippen LogP contribution in [0.2, 0.25) is 0 Å². The Morgan fingerprint density at radius 3 is 1.27 bits per heavy atom. The molecule has 0 bridgehead atoms. The van der Waals surface area contributed by atoms with E-state index in [4.69, 9.17) is 0 Å². The fraction of sp³-hybridized carbons (Fsp3) is 0.889. The van der Waals surface area contributed by atoms with Crippen molar-refractivity contribution in [1.29, 1.82) is 10.5 Å². The van der Waals surface area contributed by atoms with Crippen molar-refractivity contribution in [2.75, 3.05) is 0 Å². The van der Waals surface area contributed by atoms with Crippen LogP contribution >= 0.6 is 0 Å². The van der Waals surface area contributed by atoms with Crippen molar-refractivity contribution < 1.29 is 0 Å². The summed E-state index contributed by atoms with van der Waals surface area (Å²) in [6.45, 7) is 8.25. The van der Waals surface area contributed by atoms with E-state index < -0.39 is 11.1 Å². The molecule has 0 aromatic carbocycles. The smallest absolute Gasteiger partial charge is 0.167 e. The molecule has 0 saturated heterocycles. The van der Waals surface area contributed by atoms with Crippen molar-refractivity contribution in [3.05, 3.63) is 0 Å². The van der Waals surface area contributed by atoms with E-state index in [9.17, 15) is 10.5 Å². The highest BCUT2D eigenvalue weighted by Crippen LogP contribution is 2.29. The third-order valence-corrected chi connectivity index (χ3v) is 4.41. The topological polar surface area (TPSA) is 72.3 Å². The summed E-state index contributed by atoms with van der Waals surface area (Å²) in [7, 11) is 0. The summed E-state index contributed by atoms with van der Waals surface area (Å²) in [5.74, 6) is 0. The summed E-state index contributed by atoms with van der Waals surface area (Å²) in [5, 5.41) is 27.9. The molecule has 0 amide bonds. The maximum atomic E-state index is 9.55. The Kier molecular flexibility index (Phi) is 10.5. The predicted octanol–water partition coefficient (Wildman–Crippen LogP) is 5.94. The minimum absolute atomic E-state index is 0.650. The van der Waals surface area contributed by atoms with Gasteiger partial charge < -0.3 is 0 Å². The van der Waals surface area contributed by atoms with Gasteiger partial charge >= 0.3 is 0 Å². The average Bonchev–Trinajstić information content (AvgIpc) is 2.57. The molecule has 0 heterocycles. The molecule has 2 atom stereocenters. The Morgan fingerprint density at radius 1 is 0.682 bits per heavy atom. The number of nitriles is 2. The van der Waals surface area contributed by atoms with E-state index in [-0.39, 0.29) is 0 Å². The Balaban J connectivity index is 5.07. The van der Waals surface area contributed by atoms with E-state index in [2.05, 4.69) is 36.2 Å². The van der Waals surface area contributed by atoms with Gasteiger partial charge in [0.05, 0.1) is 12.1 Å². The zero-order valence-electron chi connectivity index (χ0n) is 14.9. The molecule has 0 radical (unpaired) electrons. The number of azo groups is 1. The minimum atomic E-state index is -0.753. The zero-order valence-corrected chi connectivity index (χ0v) is 14.9. The van der Waals surface area contributed by atoms with Gasteiger partial charge in [0.1, 0.15) is 0 Å². The molecular weight excluding hydrogens is 272 g/mol. The van der Waals surface area contributed by atoms with E-state index in [1.54, 1.807) is 0 Å². The van der Waals surface area contributed by atoms with Gasteiger partial charge in [0.25, 0.3) is 0 Å². The fourth-order valence-corrected chi connectivity index (χ4v) is 2.44. The van der Waals surface area contributed by atoms with Crippen LogP contribution in [0.4, 0.5) is 0 Å². The Morgan fingerprint density at radius 2 is 1.05 bits per heavy atom. The predicted molar refractivity (Wildman–Crippen MR) is 90.4 cm³/mol. The van der Waals surface area contributed by atoms with Crippen LogP contribution in [0.15, 0.2) is 10.2 Å². The molecule has 0 aliphatic rings. The molecule has 0 spiro atoms. The zero-order chi connectivity index (χ0) is 16.9. The Hall–Kier alpha value is -1.42. The van der Waals surface area contributed by atoms with Crippen molar-refractivity contribution in [3.63, 3.8) is 0 Å². The first kappa shape index (κ1) is 20.6. The minimum Gasteiger partial charge on any atom is -0.196 e. The monoisotopic (exact) mass is 304 g/mol. The molecule has 0 fully saturated rings. The fourth-order valence-electron chi connectivity index (χ4n) is 2.44. The molecule has 0 rings (SSSR count). The highest BCUT2D eigenvalue weighted by atomic mass is 15.2. The van der Waals surface area contributed by atoms with Gasteiger partial charge in [0, 0.05) is 0 Å². The van der Waals surface area contributed by atoms with Crippen LogP contribution in [0, 0.1) is 22.7 Å². The summed E-state index contributed by atoms with van der Waals surface area (Å²) in [6.07, 6.45) is 9.19. The van der Waals surface area contributed by atoms with Gasteiger partial charge in [-0.05, 0) is 38.5 Å². The third-order valence-electron chi connectivity index (χ3n) is 4.41. The quantitative estimate of drug-likeness (QED) is 0.330. The lowest BCUT2D eigenvalue weighted by molar-refractivity contribution is 0.381. The van der Waals surface area contributed by atoms with Gasteiger partial charge in [-0.2, -0.15) is 20.8 Å². The first-order valence-corrected chi connectivity index (χ1v) is 8.84. The second kappa shape index (κ2) is 11.2. The third kappa shape index (κ3) is 6.56. The summed E-state index contributed by atoms with van der Waals surface area (Å²) in [4.78, 5) is 0. The molecule has 0 aromatic rings. The molecule has 22 heavy (non-hydrogen) atoms. The van der Waals surface area contributed by atoms with Gasteiger partial charge in [-0.3, -0.25) is 0 Å². The van der Waals surface area contributed by atoms with Gasteiger partial charge in [-0.25, -0.2) is 0 Å². The first-order valence-electron chi connectivity index (χ1n) is 8.84. The van der Waals surface area contributed by atoms with E-state index in [1.807, 2.05) is 13.8 Å². The van der Waals surface area contributed by atoms with Gasteiger partial charge in [-0.15, -0.1) is 0 Å². The van der Waals surface area contributed by atoms with Crippen molar-refractivity contribution in [1.82, 2.24) is 0 Å². The summed E-state index contributed by atoms with van der Waals surface area (Å²) in [6, 6.07) is 4.68. The van der Waals surface area contributed by atoms with E-state index in [0.717, 1.165) is 51.4 Å². The van der Waals surface area contributed by atoms with Crippen LogP contribution in [-0.4, -0.2) is 11.1 Å². The maximum Gasteiger partial charge on any atom is 0.167 e. The van der Waals surface area contributed by atoms with Crippen molar-refractivity contribution in [2.24, 2.45) is 10.2 Å². The van der Waals surface area contributed by atoms with Gasteiger partial charge in [-0.1, -0.05) is 53.4 Å².